The van der Waals surface area contributed by atoms with Crippen LogP contribution in [0.2, 0.25) is 0 Å². The molecule has 3 N–H and O–H groups in total. The van der Waals surface area contributed by atoms with Gasteiger partial charge in [0.1, 0.15) is 12.4 Å². The SMILES string of the molecule is CC(C)NC(=O)C1(C)COC(c2nc(-c3ccc(F)cc3)c(-c3ccnc(NCCC[N+]4=CN=CC4)n3)[nH]2)OC1. The van der Waals surface area contributed by atoms with Crippen LogP contribution in [-0.4, -0.2) is 81.9 Å². The number of benzene rings is 1. The Bertz CT molecular complexity index is 1390. The van der Waals surface area contributed by atoms with Crippen molar-refractivity contribution < 1.29 is 23.2 Å². The minimum Gasteiger partial charge on any atom is -0.354 e. The van der Waals surface area contributed by atoms with E-state index < -0.39 is 11.7 Å². The van der Waals surface area contributed by atoms with Crippen LogP contribution in [0.5, 0.6) is 0 Å². The van der Waals surface area contributed by atoms with Crippen LogP contribution in [0.3, 0.4) is 0 Å². The van der Waals surface area contributed by atoms with Crippen molar-refractivity contribution in [3.63, 3.8) is 0 Å². The summed E-state index contributed by atoms with van der Waals surface area (Å²) in [4.78, 5) is 33.9. The second-order valence-electron chi connectivity index (χ2n) is 10.5. The molecule has 0 atom stereocenters. The maximum atomic E-state index is 13.7. The molecule has 1 fully saturated rings. The summed E-state index contributed by atoms with van der Waals surface area (Å²) in [5, 5.41) is 6.20. The zero-order chi connectivity index (χ0) is 28.1. The molecule has 0 aliphatic carbocycles. The van der Waals surface area contributed by atoms with Crippen molar-refractivity contribution in [3.8, 4) is 22.6 Å². The van der Waals surface area contributed by atoms with E-state index in [1.807, 2.05) is 33.3 Å². The van der Waals surface area contributed by atoms with Gasteiger partial charge in [0.25, 0.3) is 6.34 Å². The van der Waals surface area contributed by atoms with Gasteiger partial charge in [-0.3, -0.25) is 9.37 Å². The van der Waals surface area contributed by atoms with Gasteiger partial charge < -0.3 is 25.1 Å². The lowest BCUT2D eigenvalue weighted by atomic mass is 9.90. The number of ether oxygens (including phenoxy) is 2. The van der Waals surface area contributed by atoms with Gasteiger partial charge in [0.05, 0.1) is 42.3 Å². The molecular weight excluding hydrogens is 515 g/mol. The highest BCUT2D eigenvalue weighted by molar-refractivity contribution is 5.83. The molecule has 3 aromatic rings. The van der Waals surface area contributed by atoms with Crippen molar-refractivity contribution in [2.45, 2.75) is 39.5 Å². The third-order valence-electron chi connectivity index (χ3n) is 6.61. The highest BCUT2D eigenvalue weighted by Crippen LogP contribution is 2.35. The molecule has 5 rings (SSSR count). The molecule has 210 valence electrons. The normalized spacial score (nSPS) is 20.5. The predicted molar refractivity (Wildman–Crippen MR) is 149 cm³/mol. The van der Waals surface area contributed by atoms with E-state index in [9.17, 15) is 9.18 Å². The van der Waals surface area contributed by atoms with Gasteiger partial charge in [-0.25, -0.2) is 19.3 Å². The van der Waals surface area contributed by atoms with Gasteiger partial charge in [-0.15, -0.1) is 0 Å². The molecule has 2 aliphatic rings. The zero-order valence-corrected chi connectivity index (χ0v) is 22.9. The Kier molecular flexibility index (Phi) is 8.27. The third kappa shape index (κ3) is 6.40. The van der Waals surface area contributed by atoms with Crippen molar-refractivity contribution >= 4 is 24.4 Å². The molecule has 0 bridgehead atoms. The van der Waals surface area contributed by atoms with Crippen molar-refractivity contribution in [3.05, 3.63) is 48.2 Å². The Morgan fingerprint density at radius 1 is 1.20 bits per heavy atom. The van der Waals surface area contributed by atoms with Crippen molar-refractivity contribution in [1.29, 1.82) is 0 Å². The number of carbonyl (C=O) groups is 1. The van der Waals surface area contributed by atoms with Crippen LogP contribution in [0.4, 0.5) is 10.3 Å². The first-order valence-electron chi connectivity index (χ1n) is 13.4. The van der Waals surface area contributed by atoms with Crippen LogP contribution in [0.25, 0.3) is 22.6 Å². The van der Waals surface area contributed by atoms with E-state index in [1.54, 1.807) is 24.4 Å². The summed E-state index contributed by atoms with van der Waals surface area (Å²) in [6, 6.07) is 7.88. The number of hydrogen-bond acceptors (Lipinski definition) is 8. The van der Waals surface area contributed by atoms with Crippen LogP contribution in [0, 0.1) is 11.2 Å². The fraction of sp³-hybridized carbons (Fsp3) is 0.429. The van der Waals surface area contributed by atoms with E-state index in [0.717, 1.165) is 19.5 Å². The summed E-state index contributed by atoms with van der Waals surface area (Å²) in [6.45, 7) is 8.37. The molecule has 2 aliphatic heterocycles. The van der Waals surface area contributed by atoms with E-state index in [2.05, 4.69) is 30.2 Å². The monoisotopic (exact) mass is 549 g/mol. The van der Waals surface area contributed by atoms with Gasteiger partial charge in [0.2, 0.25) is 18.1 Å². The van der Waals surface area contributed by atoms with Gasteiger partial charge in [-0.1, -0.05) is 4.99 Å². The summed E-state index contributed by atoms with van der Waals surface area (Å²) in [5.41, 5.74) is 1.68. The van der Waals surface area contributed by atoms with E-state index in [1.165, 1.54) is 12.1 Å². The van der Waals surface area contributed by atoms with Crippen LogP contribution in [0.1, 0.15) is 39.3 Å². The molecule has 1 aromatic carbocycles. The average molecular weight is 550 g/mol. The van der Waals surface area contributed by atoms with Gasteiger partial charge in [0, 0.05) is 30.8 Å². The molecule has 11 nitrogen and oxygen atoms in total. The average Bonchev–Trinajstić information content (AvgIpc) is 3.63. The molecule has 0 saturated carbocycles. The van der Waals surface area contributed by atoms with E-state index in [4.69, 9.17) is 19.4 Å². The van der Waals surface area contributed by atoms with Crippen LogP contribution in [0.15, 0.2) is 41.5 Å². The minimum atomic E-state index is -0.816. The maximum Gasteiger partial charge on any atom is 0.281 e. The smallest absolute Gasteiger partial charge is 0.281 e. The summed E-state index contributed by atoms with van der Waals surface area (Å²) >= 11 is 0. The van der Waals surface area contributed by atoms with Crippen LogP contribution < -0.4 is 10.6 Å². The van der Waals surface area contributed by atoms with E-state index >= 15 is 0 Å². The molecule has 2 aromatic heterocycles. The van der Waals surface area contributed by atoms with Gasteiger partial charge in [-0.2, -0.15) is 0 Å². The lowest BCUT2D eigenvalue weighted by molar-refractivity contribution is -0.504. The van der Waals surface area contributed by atoms with Gasteiger partial charge in [0.15, 0.2) is 12.0 Å². The number of carbonyl (C=O) groups excluding carboxylic acids is 1. The van der Waals surface area contributed by atoms with Crippen LogP contribution in [-0.2, 0) is 14.3 Å². The Balaban J connectivity index is 1.35. The fourth-order valence-corrected chi connectivity index (χ4v) is 4.39. The van der Waals surface area contributed by atoms with Crippen molar-refractivity contribution in [2.24, 2.45) is 10.4 Å². The highest BCUT2D eigenvalue weighted by atomic mass is 19.1. The number of H-pyrrole nitrogens is 1. The molecule has 4 heterocycles. The number of aromatic amines is 1. The summed E-state index contributed by atoms with van der Waals surface area (Å²) in [6.07, 6.45) is 5.48. The van der Waals surface area contributed by atoms with Gasteiger partial charge >= 0.3 is 0 Å². The molecule has 12 heteroatoms. The number of amides is 1. The number of nitrogens with zero attached hydrogens (tertiary/aromatic N) is 5. The summed E-state index contributed by atoms with van der Waals surface area (Å²) in [5.74, 6) is 0.446. The Morgan fingerprint density at radius 3 is 2.67 bits per heavy atom. The number of rotatable bonds is 10. The summed E-state index contributed by atoms with van der Waals surface area (Å²) < 4.78 is 27.8. The molecule has 0 radical (unpaired) electrons. The molecule has 0 spiro atoms. The quantitative estimate of drug-likeness (QED) is 0.262. The third-order valence-corrected chi connectivity index (χ3v) is 6.61. The lowest BCUT2D eigenvalue weighted by Crippen LogP contribution is -2.50. The first-order chi connectivity index (χ1) is 19.3. The standard InChI is InChI=1S/C28H33FN8O3/c1-18(2)33-26(38)28(3)15-39-25(40-16-28)24-35-22(19-5-7-20(29)8-6-19)23(36-24)21-9-11-32-27(34-21)31-10-4-13-37-14-12-30-17-37/h5-9,11-12,17-18,25H,4,10,13-16H2,1-3H3,(H2-,31,32,33,34,35,36,38)/p+1. The Morgan fingerprint density at radius 2 is 1.98 bits per heavy atom. The first kappa shape index (κ1) is 27.5. The van der Waals surface area contributed by atoms with Crippen molar-refractivity contribution in [2.75, 3.05) is 38.2 Å². The number of hydrogen-bond donors (Lipinski definition) is 3. The molecule has 40 heavy (non-hydrogen) atoms. The topological polar surface area (TPSA) is 129 Å². The molecule has 1 amide bonds. The van der Waals surface area contributed by atoms with Crippen molar-refractivity contribution in [1.82, 2.24) is 25.3 Å². The predicted octanol–water partition coefficient (Wildman–Crippen LogP) is 3.18. The minimum absolute atomic E-state index is 0.0124. The molecule has 0 unspecified atom stereocenters. The lowest BCUT2D eigenvalue weighted by Gasteiger charge is -2.35. The number of nitrogens with one attached hydrogen (secondary N) is 3. The second-order valence-corrected chi connectivity index (χ2v) is 10.5. The zero-order valence-electron chi connectivity index (χ0n) is 22.9. The number of aliphatic imine (C=N–C) groups is 1. The molecule has 1 saturated heterocycles. The first-order valence-corrected chi connectivity index (χ1v) is 13.4. The van der Waals surface area contributed by atoms with Crippen LogP contribution >= 0.6 is 0 Å². The molecular formula is C28H34FN8O3+. The second kappa shape index (κ2) is 12.0. The summed E-state index contributed by atoms with van der Waals surface area (Å²) in [7, 11) is 0. The maximum absolute atomic E-state index is 13.7. The number of aromatic nitrogens is 4. The van der Waals surface area contributed by atoms with E-state index in [-0.39, 0.29) is 31.0 Å². The Labute approximate surface area is 232 Å². The Hall–Kier alpha value is -4.03. The number of imidazole rings is 1. The highest BCUT2D eigenvalue weighted by Gasteiger charge is 2.41. The fourth-order valence-electron chi connectivity index (χ4n) is 4.39. The number of anilines is 1. The van der Waals surface area contributed by atoms with E-state index in [0.29, 0.717) is 41.0 Å². The largest absolute Gasteiger partial charge is 0.354 e. The number of halogens is 1. The van der Waals surface area contributed by atoms with Gasteiger partial charge in [-0.05, 0) is 51.1 Å².